The van der Waals surface area contributed by atoms with E-state index in [1.165, 1.54) is 26.2 Å². The van der Waals surface area contributed by atoms with Crippen molar-refractivity contribution >= 4 is 35.5 Å². The maximum atomic E-state index is 14.3. The van der Waals surface area contributed by atoms with Gasteiger partial charge < -0.3 is 45.6 Å². The minimum Gasteiger partial charge on any atom is -0.480 e. The van der Waals surface area contributed by atoms with E-state index in [-0.39, 0.29) is 49.0 Å². The van der Waals surface area contributed by atoms with Crippen LogP contribution >= 0.6 is 0 Å². The smallest absolute Gasteiger partial charge is 0.326 e. The first kappa shape index (κ1) is 48.1. The van der Waals surface area contributed by atoms with Gasteiger partial charge >= 0.3 is 5.97 Å². The number of ether oxygens (including phenoxy) is 2. The number of likely N-dealkylation sites (tertiary alicyclic amines) is 1. The second-order valence-electron chi connectivity index (χ2n) is 15.8. The van der Waals surface area contributed by atoms with Crippen LogP contribution in [0.2, 0.25) is 0 Å². The number of carbonyl (C=O) groups excluding carboxylic acids is 5. The highest BCUT2D eigenvalue weighted by Crippen LogP contribution is 2.30. The first-order valence-electron chi connectivity index (χ1n) is 19.8. The molecule has 0 spiro atoms. The summed E-state index contributed by atoms with van der Waals surface area (Å²) in [6.45, 7) is 13.1. The van der Waals surface area contributed by atoms with Crippen LogP contribution in [0.15, 0.2) is 30.3 Å². The second kappa shape index (κ2) is 22.6. The normalized spacial score (nSPS) is 18.6. The van der Waals surface area contributed by atoms with Crippen molar-refractivity contribution < 1.29 is 43.3 Å². The predicted octanol–water partition coefficient (Wildman–Crippen LogP) is 2.30. The molecule has 1 aliphatic rings. The van der Waals surface area contributed by atoms with Gasteiger partial charge in [0.05, 0.1) is 43.2 Å². The van der Waals surface area contributed by atoms with Crippen LogP contribution in [0.3, 0.4) is 0 Å². The van der Waals surface area contributed by atoms with Crippen molar-refractivity contribution in [3.05, 3.63) is 35.9 Å². The number of hydrogen-bond donors (Lipinski definition) is 4. The molecule has 5 amide bonds. The highest BCUT2D eigenvalue weighted by Gasteiger charge is 2.43. The van der Waals surface area contributed by atoms with E-state index in [1.54, 1.807) is 48.0 Å². The fraction of sp³-hybridized carbons (Fsp3) is 0.707. The van der Waals surface area contributed by atoms with Gasteiger partial charge in [-0.15, -0.1) is 0 Å². The first-order chi connectivity index (χ1) is 26.4. The fourth-order valence-electron chi connectivity index (χ4n) is 7.86. The van der Waals surface area contributed by atoms with E-state index >= 15 is 0 Å². The van der Waals surface area contributed by atoms with Crippen molar-refractivity contribution in [1.82, 2.24) is 25.3 Å². The van der Waals surface area contributed by atoms with Gasteiger partial charge in [0.1, 0.15) is 18.1 Å². The van der Waals surface area contributed by atoms with Crippen LogP contribution in [0.25, 0.3) is 0 Å². The molecule has 1 aliphatic heterocycles. The number of rotatable bonds is 22. The predicted molar refractivity (Wildman–Crippen MR) is 213 cm³/mol. The maximum Gasteiger partial charge on any atom is 0.326 e. The van der Waals surface area contributed by atoms with Gasteiger partial charge in [0.15, 0.2) is 0 Å². The molecule has 9 atom stereocenters. The lowest BCUT2D eigenvalue weighted by Gasteiger charge is -2.41. The minimum absolute atomic E-state index is 0.0606. The number of hydrogen-bond acceptors (Lipinski definition) is 9. The SMILES string of the molecule is CC[C@H](C)[C@@H]([C@@H](CC(=O)N1CCC[C@H]1[C@H](OC)[C@@H](C)C(=O)N[C@@H](Cc1ccccc1)C(=O)O)OC)N(C)C(=O)[C@@H](NC(=O)[C@H](C(C)C)N(C)C(=O)CN)C(C)C. The molecule has 15 heteroatoms. The Kier molecular flexibility index (Phi) is 19.4. The Hall–Kier alpha value is -4.08. The number of nitrogens with zero attached hydrogens (tertiary/aromatic N) is 3. The van der Waals surface area contributed by atoms with Crippen LogP contribution < -0.4 is 16.4 Å². The molecule has 0 unspecified atom stereocenters. The van der Waals surface area contributed by atoms with Crippen molar-refractivity contribution in [3.63, 3.8) is 0 Å². The number of carbonyl (C=O) groups is 6. The average Bonchev–Trinajstić information content (AvgIpc) is 3.65. The number of carboxylic acids is 1. The third-order valence-corrected chi connectivity index (χ3v) is 11.3. The largest absolute Gasteiger partial charge is 0.480 e. The average molecular weight is 789 g/mol. The summed E-state index contributed by atoms with van der Waals surface area (Å²) in [6.07, 6.45) is 0.552. The van der Waals surface area contributed by atoms with Gasteiger partial charge in [-0.2, -0.15) is 0 Å². The molecule has 1 fully saturated rings. The van der Waals surface area contributed by atoms with Crippen molar-refractivity contribution in [2.75, 3.05) is 41.4 Å². The van der Waals surface area contributed by atoms with E-state index < -0.39 is 72.0 Å². The van der Waals surface area contributed by atoms with Crippen LogP contribution in [-0.4, -0.2) is 139 Å². The van der Waals surface area contributed by atoms with Gasteiger partial charge in [0.25, 0.3) is 0 Å². The molecule has 0 saturated carbocycles. The number of amides is 5. The molecule has 0 aliphatic carbocycles. The van der Waals surface area contributed by atoms with Crippen molar-refractivity contribution in [1.29, 1.82) is 0 Å². The summed E-state index contributed by atoms with van der Waals surface area (Å²) in [4.78, 5) is 84.7. The molecule has 316 valence electrons. The third-order valence-electron chi connectivity index (χ3n) is 11.3. The molecule has 1 aromatic carbocycles. The zero-order valence-corrected chi connectivity index (χ0v) is 35.3. The molecule has 1 aromatic rings. The Morgan fingerprint density at radius 1 is 0.911 bits per heavy atom. The highest BCUT2D eigenvalue weighted by atomic mass is 16.5. The lowest BCUT2D eigenvalue weighted by Crippen LogP contribution is -2.60. The standard InChI is InChI=1S/C41H68N6O9/c1-12-26(6)36(46(9)40(52)34(24(2)3)44-39(51)35(25(4)5)45(8)33(49)23-42)31(55-10)22-32(48)47-20-16-19-30(47)37(56-11)27(7)38(50)43-29(41(53)54)21-28-17-14-13-15-18-28/h13-15,17-18,24-27,29-31,34-37H,12,16,19-23,42H2,1-11H3,(H,43,50)(H,44,51)(H,53,54)/t26-,27+,29-,30-,31+,34-,35-,36-,37+/m0/s1. The zero-order valence-electron chi connectivity index (χ0n) is 35.3. The summed E-state index contributed by atoms with van der Waals surface area (Å²) in [5.41, 5.74) is 6.35. The van der Waals surface area contributed by atoms with Crippen LogP contribution in [-0.2, 0) is 44.7 Å². The van der Waals surface area contributed by atoms with Gasteiger partial charge in [-0.25, -0.2) is 4.79 Å². The van der Waals surface area contributed by atoms with E-state index in [9.17, 15) is 33.9 Å². The number of nitrogens with two attached hydrogens (primary N) is 1. The number of methoxy groups -OCH3 is 2. The fourth-order valence-corrected chi connectivity index (χ4v) is 7.86. The van der Waals surface area contributed by atoms with Crippen LogP contribution in [0.5, 0.6) is 0 Å². The first-order valence-corrected chi connectivity index (χ1v) is 19.8. The van der Waals surface area contributed by atoms with Crippen LogP contribution in [0.1, 0.15) is 79.7 Å². The van der Waals surface area contributed by atoms with Gasteiger partial charge in [0, 0.05) is 41.3 Å². The molecule has 15 nitrogen and oxygen atoms in total. The molecular weight excluding hydrogens is 720 g/mol. The summed E-state index contributed by atoms with van der Waals surface area (Å²) in [5, 5.41) is 15.5. The van der Waals surface area contributed by atoms with Crippen molar-refractivity contribution in [3.8, 4) is 0 Å². The van der Waals surface area contributed by atoms with E-state index in [4.69, 9.17) is 15.2 Å². The van der Waals surface area contributed by atoms with E-state index in [0.717, 1.165) is 5.56 Å². The lowest BCUT2D eigenvalue weighted by atomic mass is 9.89. The van der Waals surface area contributed by atoms with Crippen LogP contribution in [0.4, 0.5) is 0 Å². The highest BCUT2D eigenvalue weighted by molar-refractivity contribution is 5.93. The Morgan fingerprint density at radius 2 is 1.54 bits per heavy atom. The van der Waals surface area contributed by atoms with Gasteiger partial charge in [-0.05, 0) is 36.2 Å². The summed E-state index contributed by atoms with van der Waals surface area (Å²) in [6, 6.07) is 5.12. The summed E-state index contributed by atoms with van der Waals surface area (Å²) < 4.78 is 11.8. The number of benzene rings is 1. The summed E-state index contributed by atoms with van der Waals surface area (Å²) in [5.74, 6) is -4.53. The number of aliphatic carboxylic acids is 1. The number of carboxylic acid groups (broad SMARTS) is 1. The van der Waals surface area contributed by atoms with Crippen LogP contribution in [0, 0.1) is 23.7 Å². The maximum absolute atomic E-state index is 14.3. The number of nitrogens with one attached hydrogen (secondary N) is 2. The summed E-state index contributed by atoms with van der Waals surface area (Å²) in [7, 11) is 6.16. The Bertz CT molecular complexity index is 1460. The van der Waals surface area contributed by atoms with E-state index in [1.807, 2.05) is 47.6 Å². The molecule has 2 rings (SSSR count). The Morgan fingerprint density at radius 3 is 2.04 bits per heavy atom. The molecule has 56 heavy (non-hydrogen) atoms. The van der Waals surface area contributed by atoms with Crippen molar-refractivity contribution in [2.45, 2.75) is 123 Å². The molecule has 0 radical (unpaired) electrons. The van der Waals surface area contributed by atoms with E-state index in [2.05, 4.69) is 10.6 Å². The molecule has 0 aromatic heterocycles. The Labute approximate surface area is 333 Å². The van der Waals surface area contributed by atoms with Gasteiger partial charge in [-0.3, -0.25) is 24.0 Å². The summed E-state index contributed by atoms with van der Waals surface area (Å²) >= 11 is 0. The lowest BCUT2D eigenvalue weighted by molar-refractivity contribution is -0.149. The van der Waals surface area contributed by atoms with Gasteiger partial charge in [0.2, 0.25) is 29.5 Å². The second-order valence-corrected chi connectivity index (χ2v) is 15.8. The molecule has 1 saturated heterocycles. The molecule has 5 N–H and O–H groups in total. The minimum atomic E-state index is -1.15. The number of likely N-dealkylation sites (N-methyl/N-ethyl adjacent to an activating group) is 2. The molecule has 0 bridgehead atoms. The molecular formula is C41H68N6O9. The molecule has 1 heterocycles. The monoisotopic (exact) mass is 789 g/mol. The topological polar surface area (TPSA) is 201 Å². The third kappa shape index (κ3) is 12.5. The van der Waals surface area contributed by atoms with Gasteiger partial charge in [-0.1, -0.05) is 85.2 Å². The quantitative estimate of drug-likeness (QED) is 0.135. The Balaban J connectivity index is 2.29. The van der Waals surface area contributed by atoms with E-state index in [0.29, 0.717) is 25.8 Å². The van der Waals surface area contributed by atoms with Crippen molar-refractivity contribution in [2.24, 2.45) is 29.4 Å². The zero-order chi connectivity index (χ0) is 42.4.